The summed E-state index contributed by atoms with van der Waals surface area (Å²) in [5.74, 6) is 1.41. The first-order valence-electron chi connectivity index (χ1n) is 3.36. The van der Waals surface area contributed by atoms with Crippen LogP contribution in [0.3, 0.4) is 0 Å². The van der Waals surface area contributed by atoms with Crippen molar-refractivity contribution in [3.05, 3.63) is 43.1 Å². The van der Waals surface area contributed by atoms with E-state index in [4.69, 9.17) is 11.7 Å². The van der Waals surface area contributed by atoms with E-state index >= 15 is 0 Å². The van der Waals surface area contributed by atoms with Crippen LogP contribution in [0.4, 0.5) is 5.69 Å². The molecule has 0 amide bonds. The maximum Gasteiger partial charge on any atom is 0.194 e. The molecular weight excluding hydrogens is 138 g/mol. The van der Waals surface area contributed by atoms with Crippen LogP contribution in [0.15, 0.2) is 36.2 Å². The molecule has 2 rings (SSSR count). The van der Waals surface area contributed by atoms with Crippen molar-refractivity contribution >= 4 is 5.69 Å². The Hall–Kier alpha value is -1.44. The maximum atomic E-state index is 5.28. The van der Waals surface area contributed by atoms with Gasteiger partial charge in [-0.05, 0) is 25.1 Å². The molecule has 11 heavy (non-hydrogen) atoms. The third-order valence-electron chi connectivity index (χ3n) is 1.52. The SMILES string of the molecule is [CH]C=C1Nc2ccccc2O1. The fourth-order valence-electron chi connectivity index (χ4n) is 1.01. The van der Waals surface area contributed by atoms with Crippen molar-refractivity contribution < 1.29 is 4.74 Å². The van der Waals surface area contributed by atoms with E-state index in [0.717, 1.165) is 11.4 Å². The second kappa shape index (κ2) is 2.31. The molecule has 1 N–H and O–H groups in total. The average molecular weight is 145 g/mol. The molecule has 1 aromatic carbocycles. The number of hydrogen-bond donors (Lipinski definition) is 1. The number of allylic oxidation sites excluding steroid dienone is 1. The Labute approximate surface area is 65.5 Å². The van der Waals surface area contributed by atoms with Gasteiger partial charge in [-0.1, -0.05) is 12.1 Å². The van der Waals surface area contributed by atoms with E-state index in [0.29, 0.717) is 5.88 Å². The molecule has 0 atom stereocenters. The summed E-state index contributed by atoms with van der Waals surface area (Å²) in [6, 6.07) is 7.68. The number of hydrogen-bond acceptors (Lipinski definition) is 2. The lowest BCUT2D eigenvalue weighted by atomic mass is 10.3. The summed E-state index contributed by atoms with van der Waals surface area (Å²) >= 11 is 0. The highest BCUT2D eigenvalue weighted by molar-refractivity contribution is 5.63. The summed E-state index contributed by atoms with van der Waals surface area (Å²) in [5, 5.41) is 3.00. The van der Waals surface area contributed by atoms with Crippen LogP contribution < -0.4 is 10.1 Å². The van der Waals surface area contributed by atoms with E-state index in [1.54, 1.807) is 0 Å². The van der Waals surface area contributed by atoms with Crippen LogP contribution in [0.25, 0.3) is 0 Å². The Morgan fingerprint density at radius 3 is 2.91 bits per heavy atom. The Morgan fingerprint density at radius 2 is 2.18 bits per heavy atom. The highest BCUT2D eigenvalue weighted by Crippen LogP contribution is 2.32. The summed E-state index contributed by atoms with van der Waals surface area (Å²) in [4.78, 5) is 0. The number of ether oxygens (including phenoxy) is 1. The van der Waals surface area contributed by atoms with E-state index in [2.05, 4.69) is 5.32 Å². The van der Waals surface area contributed by atoms with Crippen molar-refractivity contribution in [2.24, 2.45) is 0 Å². The van der Waals surface area contributed by atoms with Gasteiger partial charge >= 0.3 is 0 Å². The first-order valence-corrected chi connectivity index (χ1v) is 3.36. The van der Waals surface area contributed by atoms with Crippen LogP contribution >= 0.6 is 0 Å². The summed E-state index contributed by atoms with van der Waals surface area (Å²) in [7, 11) is 0. The quantitative estimate of drug-likeness (QED) is 0.603. The van der Waals surface area contributed by atoms with E-state index in [1.807, 2.05) is 24.3 Å². The van der Waals surface area contributed by atoms with Gasteiger partial charge in [-0.2, -0.15) is 0 Å². The Balaban J connectivity index is 2.41. The summed E-state index contributed by atoms with van der Waals surface area (Å²) < 4.78 is 5.28. The van der Waals surface area contributed by atoms with Gasteiger partial charge in [0.05, 0.1) is 5.69 Å². The molecule has 1 heterocycles. The van der Waals surface area contributed by atoms with Crippen molar-refractivity contribution in [3.63, 3.8) is 0 Å². The fourth-order valence-corrected chi connectivity index (χ4v) is 1.01. The van der Waals surface area contributed by atoms with E-state index in [1.165, 1.54) is 6.08 Å². The van der Waals surface area contributed by atoms with E-state index < -0.39 is 0 Å². The molecule has 1 aliphatic heterocycles. The molecule has 1 aliphatic rings. The molecule has 54 valence electrons. The molecule has 0 aromatic heterocycles. The van der Waals surface area contributed by atoms with Crippen LogP contribution in [0, 0.1) is 6.92 Å². The van der Waals surface area contributed by atoms with Gasteiger partial charge in [0, 0.05) is 0 Å². The molecule has 0 saturated heterocycles. The predicted molar refractivity (Wildman–Crippen MR) is 43.1 cm³/mol. The van der Waals surface area contributed by atoms with Crippen molar-refractivity contribution in [1.82, 2.24) is 0 Å². The summed E-state index contributed by atoms with van der Waals surface area (Å²) in [6.07, 6.45) is 1.40. The molecular formula is C9H7NO. The van der Waals surface area contributed by atoms with Crippen molar-refractivity contribution in [2.45, 2.75) is 0 Å². The number of para-hydroxylation sites is 2. The summed E-state index contributed by atoms with van der Waals surface area (Å²) in [6.45, 7) is 5.26. The fraction of sp³-hybridized carbons (Fsp3) is 0. The van der Waals surface area contributed by atoms with Gasteiger partial charge in [-0.15, -0.1) is 0 Å². The largest absolute Gasteiger partial charge is 0.439 e. The van der Waals surface area contributed by atoms with Gasteiger partial charge in [0.2, 0.25) is 0 Å². The van der Waals surface area contributed by atoms with Gasteiger partial charge in [0.15, 0.2) is 11.6 Å². The molecule has 2 nitrogen and oxygen atoms in total. The third-order valence-corrected chi connectivity index (χ3v) is 1.52. The zero-order valence-corrected chi connectivity index (χ0v) is 5.87. The minimum atomic E-state index is 0.589. The molecule has 2 radical (unpaired) electrons. The smallest absolute Gasteiger partial charge is 0.194 e. The van der Waals surface area contributed by atoms with Gasteiger partial charge in [0.1, 0.15) is 0 Å². The standard InChI is InChI=1S/C9H7NO/c1-2-9-10-7-5-3-4-6-8(7)11-9/h1-6,10H. The monoisotopic (exact) mass is 145 g/mol. The normalized spacial score (nSPS) is 17.4. The van der Waals surface area contributed by atoms with E-state index in [-0.39, 0.29) is 0 Å². The minimum absolute atomic E-state index is 0.589. The van der Waals surface area contributed by atoms with Crippen LogP contribution in [0.5, 0.6) is 5.75 Å². The molecule has 0 bridgehead atoms. The lowest BCUT2D eigenvalue weighted by molar-refractivity contribution is 0.457. The Morgan fingerprint density at radius 1 is 1.36 bits per heavy atom. The van der Waals surface area contributed by atoms with Gasteiger partial charge in [-0.25, -0.2) is 0 Å². The molecule has 0 fully saturated rings. The van der Waals surface area contributed by atoms with Gasteiger partial charge in [0.25, 0.3) is 0 Å². The lowest BCUT2D eigenvalue weighted by Crippen LogP contribution is -1.94. The van der Waals surface area contributed by atoms with Crippen LogP contribution in [-0.2, 0) is 0 Å². The maximum absolute atomic E-state index is 5.28. The number of anilines is 1. The number of benzene rings is 1. The molecule has 0 spiro atoms. The van der Waals surface area contributed by atoms with Crippen LogP contribution in [0.1, 0.15) is 0 Å². The average Bonchev–Trinajstić information content (AvgIpc) is 2.46. The Kier molecular flexibility index (Phi) is 1.32. The van der Waals surface area contributed by atoms with Crippen molar-refractivity contribution in [2.75, 3.05) is 5.32 Å². The highest BCUT2D eigenvalue weighted by atomic mass is 16.5. The second-order valence-corrected chi connectivity index (χ2v) is 2.25. The number of rotatable bonds is 0. The Bertz CT molecular complexity index is 277. The van der Waals surface area contributed by atoms with Crippen LogP contribution in [0.2, 0.25) is 0 Å². The van der Waals surface area contributed by atoms with Crippen molar-refractivity contribution in [1.29, 1.82) is 0 Å². The summed E-state index contributed by atoms with van der Waals surface area (Å²) in [5.41, 5.74) is 0.962. The molecule has 0 unspecified atom stereocenters. The van der Waals surface area contributed by atoms with Crippen molar-refractivity contribution in [3.8, 4) is 5.75 Å². The lowest BCUT2D eigenvalue weighted by Gasteiger charge is -1.93. The predicted octanol–water partition coefficient (Wildman–Crippen LogP) is 2.04. The zero-order valence-electron chi connectivity index (χ0n) is 5.87. The molecule has 0 saturated carbocycles. The first-order chi connectivity index (χ1) is 5.40. The van der Waals surface area contributed by atoms with E-state index in [9.17, 15) is 0 Å². The second-order valence-electron chi connectivity index (χ2n) is 2.25. The van der Waals surface area contributed by atoms with Gasteiger partial charge < -0.3 is 10.1 Å². The number of fused-ring (bicyclic) bond motifs is 1. The zero-order chi connectivity index (χ0) is 7.68. The minimum Gasteiger partial charge on any atom is -0.439 e. The molecule has 0 aliphatic carbocycles. The van der Waals surface area contributed by atoms with Gasteiger partial charge in [-0.3, -0.25) is 0 Å². The van der Waals surface area contributed by atoms with Crippen LogP contribution in [-0.4, -0.2) is 0 Å². The third kappa shape index (κ3) is 0.963. The molecule has 1 aromatic rings. The highest BCUT2D eigenvalue weighted by Gasteiger charge is 2.13. The molecule has 2 heteroatoms. The number of nitrogens with one attached hydrogen (secondary N) is 1. The topological polar surface area (TPSA) is 21.3 Å². The first kappa shape index (κ1) is 6.28.